The maximum atomic E-state index is 13.6. The summed E-state index contributed by atoms with van der Waals surface area (Å²) in [5.41, 5.74) is 7.46. The van der Waals surface area contributed by atoms with Crippen molar-refractivity contribution in [2.24, 2.45) is 0 Å². The lowest BCUT2D eigenvalue weighted by molar-refractivity contribution is -0.120. The van der Waals surface area contributed by atoms with E-state index in [1.54, 1.807) is 11.0 Å². The van der Waals surface area contributed by atoms with E-state index in [4.69, 9.17) is 17.3 Å². The molecule has 0 radical (unpaired) electrons. The predicted octanol–water partition coefficient (Wildman–Crippen LogP) is 2.43. The molecule has 0 unspecified atom stereocenters. The summed E-state index contributed by atoms with van der Waals surface area (Å²) < 4.78 is 13.6. The summed E-state index contributed by atoms with van der Waals surface area (Å²) in [5.74, 6) is -0.153. The number of nitrogens with two attached hydrogens (primary N) is 1. The molecule has 5 nitrogen and oxygen atoms in total. The molecule has 1 saturated carbocycles. The highest BCUT2D eigenvalue weighted by Gasteiger charge is 2.59. The van der Waals surface area contributed by atoms with Crippen LogP contribution in [0.25, 0.3) is 0 Å². The number of nitrogens with zero attached hydrogens (tertiary/aromatic N) is 3. The summed E-state index contributed by atoms with van der Waals surface area (Å²) >= 11 is 5.69. The summed E-state index contributed by atoms with van der Waals surface area (Å²) in [6, 6.07) is 4.50. The summed E-state index contributed by atoms with van der Waals surface area (Å²) in [6.07, 6.45) is 3.09. The topological polar surface area (TPSA) is 72.1 Å². The van der Waals surface area contributed by atoms with Crippen molar-refractivity contribution in [3.05, 3.63) is 46.6 Å². The van der Waals surface area contributed by atoms with E-state index in [2.05, 4.69) is 9.97 Å². The van der Waals surface area contributed by atoms with Crippen LogP contribution in [0.4, 0.5) is 15.9 Å². The van der Waals surface area contributed by atoms with Gasteiger partial charge >= 0.3 is 0 Å². The van der Waals surface area contributed by atoms with Gasteiger partial charge in [0.1, 0.15) is 11.6 Å². The van der Waals surface area contributed by atoms with Crippen molar-refractivity contribution < 1.29 is 9.18 Å². The molecule has 2 aromatic rings. The molecule has 1 aliphatic heterocycles. The molecular formula is C15H12ClFN4O. The number of carbonyl (C=O) groups is 1. The molecule has 1 spiro atoms. The van der Waals surface area contributed by atoms with Gasteiger partial charge in [-0.05, 0) is 42.1 Å². The molecule has 0 saturated heterocycles. The number of carbonyl (C=O) groups excluding carboxylic acids is 1. The molecular weight excluding hydrogens is 307 g/mol. The van der Waals surface area contributed by atoms with Crippen molar-refractivity contribution in [1.29, 1.82) is 0 Å². The van der Waals surface area contributed by atoms with Crippen LogP contribution in [0.5, 0.6) is 0 Å². The van der Waals surface area contributed by atoms with Gasteiger partial charge in [-0.1, -0.05) is 6.07 Å². The first-order chi connectivity index (χ1) is 10.5. The number of benzene rings is 1. The van der Waals surface area contributed by atoms with Gasteiger partial charge in [0, 0.05) is 11.8 Å². The van der Waals surface area contributed by atoms with Crippen LogP contribution in [-0.2, 0) is 16.8 Å². The minimum absolute atomic E-state index is 0.0116. The Morgan fingerprint density at radius 1 is 1.41 bits per heavy atom. The van der Waals surface area contributed by atoms with Gasteiger partial charge in [0.25, 0.3) is 0 Å². The molecule has 1 amide bonds. The van der Waals surface area contributed by atoms with Crippen molar-refractivity contribution in [1.82, 2.24) is 9.97 Å². The Balaban J connectivity index is 1.76. The van der Waals surface area contributed by atoms with Gasteiger partial charge in [-0.25, -0.2) is 14.4 Å². The number of fused-ring (bicyclic) bond motifs is 2. The molecule has 4 rings (SSSR count). The first-order valence-corrected chi connectivity index (χ1v) is 7.28. The number of anilines is 2. The van der Waals surface area contributed by atoms with Crippen molar-refractivity contribution in [3.63, 3.8) is 0 Å². The lowest BCUT2D eigenvalue weighted by Gasteiger charge is -2.18. The molecule has 1 fully saturated rings. The summed E-state index contributed by atoms with van der Waals surface area (Å²) in [7, 11) is 0. The zero-order valence-electron chi connectivity index (χ0n) is 11.5. The van der Waals surface area contributed by atoms with Crippen LogP contribution in [0.2, 0.25) is 5.28 Å². The third-order valence-corrected chi connectivity index (χ3v) is 4.55. The van der Waals surface area contributed by atoms with Crippen LogP contribution >= 0.6 is 11.6 Å². The second kappa shape index (κ2) is 4.39. The third kappa shape index (κ3) is 1.80. The second-order valence-electron chi connectivity index (χ2n) is 5.68. The van der Waals surface area contributed by atoms with Crippen molar-refractivity contribution in [2.75, 3.05) is 10.6 Å². The van der Waals surface area contributed by atoms with E-state index < -0.39 is 5.41 Å². The highest BCUT2D eigenvalue weighted by molar-refractivity contribution is 6.28. The average Bonchev–Trinajstić information content (AvgIpc) is 3.23. The summed E-state index contributed by atoms with van der Waals surface area (Å²) in [4.78, 5) is 22.1. The van der Waals surface area contributed by atoms with E-state index >= 15 is 0 Å². The van der Waals surface area contributed by atoms with Crippen LogP contribution < -0.4 is 10.6 Å². The fourth-order valence-electron chi connectivity index (χ4n) is 3.07. The van der Waals surface area contributed by atoms with Gasteiger partial charge in [0.15, 0.2) is 0 Å². The van der Waals surface area contributed by atoms with E-state index in [9.17, 15) is 9.18 Å². The average molecular weight is 319 g/mol. The van der Waals surface area contributed by atoms with E-state index in [1.165, 1.54) is 18.3 Å². The normalized spacial score (nSPS) is 17.9. The smallest absolute Gasteiger partial charge is 0.238 e. The number of aromatic nitrogens is 2. The number of amides is 1. The zero-order chi connectivity index (χ0) is 15.5. The number of hydrogen-bond donors (Lipinski definition) is 1. The summed E-state index contributed by atoms with van der Waals surface area (Å²) in [5, 5.41) is 0.0547. The standard InChI is InChI=1S/C15H12ClFN4O/c16-14-19-6-8(12(18)20-14)7-21-11-5-9(17)1-2-10(11)15(3-4-15)13(21)22/h1-2,5-6H,3-4,7H2,(H2,18,19,20). The Labute approximate surface area is 130 Å². The minimum atomic E-state index is -0.467. The van der Waals surface area contributed by atoms with E-state index in [1.807, 2.05) is 0 Å². The Morgan fingerprint density at radius 3 is 2.86 bits per heavy atom. The third-order valence-electron chi connectivity index (χ3n) is 4.37. The summed E-state index contributed by atoms with van der Waals surface area (Å²) in [6.45, 7) is 0.208. The van der Waals surface area contributed by atoms with Crippen LogP contribution in [0.15, 0.2) is 24.4 Å². The molecule has 112 valence electrons. The van der Waals surface area contributed by atoms with Gasteiger partial charge < -0.3 is 10.6 Å². The lowest BCUT2D eigenvalue weighted by atomic mass is 9.98. The number of nitrogen functional groups attached to an aromatic ring is 1. The van der Waals surface area contributed by atoms with Gasteiger partial charge in [-0.15, -0.1) is 0 Å². The van der Waals surface area contributed by atoms with Gasteiger partial charge in [-0.3, -0.25) is 4.79 Å². The lowest BCUT2D eigenvalue weighted by Crippen LogP contribution is -2.32. The number of rotatable bonds is 2. The van der Waals surface area contributed by atoms with Crippen LogP contribution in [-0.4, -0.2) is 15.9 Å². The van der Waals surface area contributed by atoms with Gasteiger partial charge in [-0.2, -0.15) is 0 Å². The quantitative estimate of drug-likeness (QED) is 0.863. The minimum Gasteiger partial charge on any atom is -0.383 e. The Kier molecular flexibility index (Phi) is 2.69. The zero-order valence-corrected chi connectivity index (χ0v) is 12.3. The number of halogens is 2. The Morgan fingerprint density at radius 2 is 2.18 bits per heavy atom. The molecule has 1 aromatic carbocycles. The van der Waals surface area contributed by atoms with Crippen LogP contribution in [0.3, 0.4) is 0 Å². The largest absolute Gasteiger partial charge is 0.383 e. The monoisotopic (exact) mass is 318 g/mol. The molecule has 1 aromatic heterocycles. The molecule has 0 bridgehead atoms. The molecule has 0 atom stereocenters. The first-order valence-electron chi connectivity index (χ1n) is 6.90. The SMILES string of the molecule is Nc1nc(Cl)ncc1CN1C(=O)C2(CC2)c2ccc(F)cc21. The highest BCUT2D eigenvalue weighted by Crippen LogP contribution is 2.57. The highest BCUT2D eigenvalue weighted by atomic mass is 35.5. The molecule has 1 aliphatic carbocycles. The van der Waals surface area contributed by atoms with E-state index in [-0.39, 0.29) is 29.4 Å². The maximum Gasteiger partial charge on any atom is 0.238 e. The first kappa shape index (κ1) is 13.5. The predicted molar refractivity (Wildman–Crippen MR) is 80.0 cm³/mol. The maximum absolute atomic E-state index is 13.6. The molecule has 2 heterocycles. The van der Waals surface area contributed by atoms with Crippen molar-refractivity contribution in [2.45, 2.75) is 24.8 Å². The molecule has 22 heavy (non-hydrogen) atoms. The number of hydrogen-bond acceptors (Lipinski definition) is 4. The van der Waals surface area contributed by atoms with Crippen molar-refractivity contribution >= 4 is 29.0 Å². The Hall–Kier alpha value is -2.21. The fraction of sp³-hybridized carbons (Fsp3) is 0.267. The van der Waals surface area contributed by atoms with E-state index in [0.717, 1.165) is 18.4 Å². The Bertz CT molecular complexity index is 806. The van der Waals surface area contributed by atoms with Gasteiger partial charge in [0.2, 0.25) is 11.2 Å². The molecule has 7 heteroatoms. The fourth-order valence-corrected chi connectivity index (χ4v) is 3.21. The van der Waals surface area contributed by atoms with Gasteiger partial charge in [0.05, 0.1) is 17.6 Å². The van der Waals surface area contributed by atoms with E-state index in [0.29, 0.717) is 11.3 Å². The second-order valence-corrected chi connectivity index (χ2v) is 6.02. The van der Waals surface area contributed by atoms with Crippen molar-refractivity contribution in [3.8, 4) is 0 Å². The van der Waals surface area contributed by atoms with Crippen LogP contribution in [0, 0.1) is 5.82 Å². The molecule has 2 aliphatic rings. The van der Waals surface area contributed by atoms with Crippen LogP contribution in [0.1, 0.15) is 24.0 Å². The molecule has 2 N–H and O–H groups in total.